The summed E-state index contributed by atoms with van der Waals surface area (Å²) in [6, 6.07) is 0.515. The van der Waals surface area contributed by atoms with E-state index in [4.69, 9.17) is 5.73 Å². The number of nitrogens with one attached hydrogen (secondary N) is 1. The molecule has 0 aromatic carbocycles. The van der Waals surface area contributed by atoms with Crippen LogP contribution in [0.1, 0.15) is 36.4 Å². The molecule has 3 rings (SSSR count). The summed E-state index contributed by atoms with van der Waals surface area (Å²) in [5.41, 5.74) is 5.93. The molecule has 6 nitrogen and oxygen atoms in total. The van der Waals surface area contributed by atoms with E-state index in [-0.39, 0.29) is 11.4 Å². The maximum atomic E-state index is 12.7. The molecule has 2 heterocycles. The number of nitrogen functional groups attached to an aromatic ring is 1. The van der Waals surface area contributed by atoms with Gasteiger partial charge in [-0.2, -0.15) is 0 Å². The molecule has 1 saturated carbocycles. The smallest absolute Gasteiger partial charge is 0.267 e. The number of hydrogen-bond donors (Lipinski definition) is 2. The molecule has 116 valence electrons. The first-order chi connectivity index (χ1) is 9.87. The van der Waals surface area contributed by atoms with E-state index in [0.29, 0.717) is 23.3 Å². The predicted molar refractivity (Wildman–Crippen MR) is 85.8 cm³/mol. The molecule has 7 heteroatoms. The number of hydrogen-bond acceptors (Lipinski definition) is 6. The molecule has 3 N–H and O–H groups in total. The number of rotatable bonds is 3. The van der Waals surface area contributed by atoms with Crippen LogP contribution in [0.2, 0.25) is 0 Å². The van der Waals surface area contributed by atoms with Crippen molar-refractivity contribution in [3.05, 3.63) is 4.88 Å². The second kappa shape index (κ2) is 5.14. The van der Waals surface area contributed by atoms with Crippen molar-refractivity contribution < 1.29 is 4.79 Å². The molecule has 21 heavy (non-hydrogen) atoms. The predicted octanol–water partition coefficient (Wildman–Crippen LogP) is 1.47. The first-order valence-electron chi connectivity index (χ1n) is 7.40. The van der Waals surface area contributed by atoms with Gasteiger partial charge < -0.3 is 16.0 Å². The van der Waals surface area contributed by atoms with Crippen molar-refractivity contribution in [1.82, 2.24) is 14.8 Å². The van der Waals surface area contributed by atoms with E-state index >= 15 is 0 Å². The molecule has 0 unspecified atom stereocenters. The highest BCUT2D eigenvalue weighted by Gasteiger charge is 2.35. The number of nitrogens with zero attached hydrogens (tertiary/aromatic N) is 3. The van der Waals surface area contributed by atoms with Crippen molar-refractivity contribution in [2.24, 2.45) is 0 Å². The van der Waals surface area contributed by atoms with Gasteiger partial charge in [0.25, 0.3) is 5.91 Å². The summed E-state index contributed by atoms with van der Waals surface area (Å²) < 4.78 is 0. The lowest BCUT2D eigenvalue weighted by Gasteiger charge is -2.45. The standard InChI is InChI=1S/C14H23N5OS/c1-14(2)8-19(7-6-18(14)3)12(20)10-11(15)17-13(21-10)16-9-4-5-9/h9H,4-8,15H2,1-3H3,(H,16,17). The minimum absolute atomic E-state index is 0.00928. The molecule has 2 aliphatic rings. The van der Waals surface area contributed by atoms with E-state index in [1.54, 1.807) is 0 Å². The van der Waals surface area contributed by atoms with Gasteiger partial charge in [-0.05, 0) is 33.7 Å². The summed E-state index contributed by atoms with van der Waals surface area (Å²) in [5, 5.41) is 4.08. The quantitative estimate of drug-likeness (QED) is 0.884. The van der Waals surface area contributed by atoms with Crippen LogP contribution in [0.3, 0.4) is 0 Å². The molecule has 1 aliphatic carbocycles. The first-order valence-corrected chi connectivity index (χ1v) is 8.22. The van der Waals surface area contributed by atoms with E-state index in [1.807, 2.05) is 4.90 Å². The monoisotopic (exact) mass is 309 g/mol. The maximum absolute atomic E-state index is 12.7. The van der Waals surface area contributed by atoms with Gasteiger partial charge in [0.15, 0.2) is 5.13 Å². The van der Waals surface area contributed by atoms with Gasteiger partial charge in [-0.1, -0.05) is 11.3 Å². The van der Waals surface area contributed by atoms with Crippen LogP contribution < -0.4 is 11.1 Å². The zero-order valence-corrected chi connectivity index (χ0v) is 13.7. The second-order valence-corrected chi connectivity index (χ2v) is 7.61. The fourth-order valence-electron chi connectivity index (χ4n) is 2.51. The zero-order valence-electron chi connectivity index (χ0n) is 12.8. The highest BCUT2D eigenvalue weighted by Crippen LogP contribution is 2.32. The number of amides is 1. The normalized spacial score (nSPS) is 22.3. The molecular formula is C14H23N5OS. The number of carbonyl (C=O) groups is 1. The third-order valence-corrected chi connectivity index (χ3v) is 5.35. The van der Waals surface area contributed by atoms with Crippen LogP contribution in [0.15, 0.2) is 0 Å². The Morgan fingerprint density at radius 1 is 1.43 bits per heavy atom. The summed E-state index contributed by atoms with van der Waals surface area (Å²) in [5.74, 6) is 0.361. The van der Waals surface area contributed by atoms with Crippen LogP contribution >= 0.6 is 11.3 Å². The Bertz CT molecular complexity index is 552. The van der Waals surface area contributed by atoms with Crippen molar-refractivity contribution in [2.45, 2.75) is 38.3 Å². The number of anilines is 2. The Morgan fingerprint density at radius 3 is 2.76 bits per heavy atom. The first kappa shape index (κ1) is 14.6. The Morgan fingerprint density at radius 2 is 2.14 bits per heavy atom. The largest absolute Gasteiger partial charge is 0.382 e. The molecule has 0 bridgehead atoms. The fourth-order valence-corrected chi connectivity index (χ4v) is 3.44. The summed E-state index contributed by atoms with van der Waals surface area (Å²) in [6.07, 6.45) is 2.35. The van der Waals surface area contributed by atoms with Crippen LogP contribution in [-0.4, -0.2) is 59.0 Å². The Balaban J connectivity index is 1.74. The molecule has 0 atom stereocenters. The van der Waals surface area contributed by atoms with Gasteiger partial charge in [0.05, 0.1) is 0 Å². The number of nitrogens with two attached hydrogens (primary N) is 1. The molecule has 0 radical (unpaired) electrons. The lowest BCUT2D eigenvalue weighted by molar-refractivity contribution is 0.0315. The minimum Gasteiger partial charge on any atom is -0.382 e. The average Bonchev–Trinajstić information content (AvgIpc) is 3.14. The number of thiazole rings is 1. The second-order valence-electron chi connectivity index (χ2n) is 6.61. The van der Waals surface area contributed by atoms with E-state index < -0.39 is 0 Å². The van der Waals surface area contributed by atoms with Crippen molar-refractivity contribution in [3.8, 4) is 0 Å². The Labute approximate surface area is 129 Å². The molecule has 1 aromatic heterocycles. The van der Waals surface area contributed by atoms with Crippen LogP contribution in [0.4, 0.5) is 10.9 Å². The molecular weight excluding hydrogens is 286 g/mol. The topological polar surface area (TPSA) is 74.5 Å². The molecule has 1 amide bonds. The lowest BCUT2D eigenvalue weighted by Crippen LogP contribution is -2.58. The summed E-state index contributed by atoms with van der Waals surface area (Å²) in [4.78, 5) is 21.7. The highest BCUT2D eigenvalue weighted by atomic mass is 32.1. The third-order valence-electron chi connectivity index (χ3n) is 4.36. The third kappa shape index (κ3) is 2.98. The van der Waals surface area contributed by atoms with E-state index in [2.05, 4.69) is 36.1 Å². The maximum Gasteiger partial charge on any atom is 0.267 e. The minimum atomic E-state index is -0.0115. The molecule has 1 aromatic rings. The number of carbonyl (C=O) groups excluding carboxylic acids is 1. The fraction of sp³-hybridized carbons (Fsp3) is 0.714. The average molecular weight is 309 g/mol. The summed E-state index contributed by atoms with van der Waals surface area (Å²) in [7, 11) is 2.10. The van der Waals surface area contributed by atoms with Crippen LogP contribution in [-0.2, 0) is 0 Å². The van der Waals surface area contributed by atoms with Crippen molar-refractivity contribution in [1.29, 1.82) is 0 Å². The van der Waals surface area contributed by atoms with Gasteiger partial charge in [0.2, 0.25) is 0 Å². The van der Waals surface area contributed by atoms with Gasteiger partial charge in [-0.25, -0.2) is 4.98 Å². The number of aromatic nitrogens is 1. The molecule has 1 saturated heterocycles. The van der Waals surface area contributed by atoms with Crippen LogP contribution in [0, 0.1) is 0 Å². The lowest BCUT2D eigenvalue weighted by atomic mass is 9.99. The summed E-state index contributed by atoms with van der Waals surface area (Å²) >= 11 is 1.38. The van der Waals surface area contributed by atoms with Crippen molar-refractivity contribution in [2.75, 3.05) is 37.7 Å². The SMILES string of the molecule is CN1CCN(C(=O)c2sc(NC3CC3)nc2N)CC1(C)C. The van der Waals surface area contributed by atoms with E-state index in [1.165, 1.54) is 24.2 Å². The van der Waals surface area contributed by atoms with Crippen LogP contribution in [0.5, 0.6) is 0 Å². The Kier molecular flexibility index (Phi) is 3.57. The molecule has 1 aliphatic heterocycles. The molecule has 2 fully saturated rings. The number of likely N-dealkylation sites (N-methyl/N-ethyl adjacent to an activating group) is 1. The highest BCUT2D eigenvalue weighted by molar-refractivity contribution is 7.18. The van der Waals surface area contributed by atoms with Gasteiger partial charge in [-0.15, -0.1) is 0 Å². The van der Waals surface area contributed by atoms with Gasteiger partial charge in [0.1, 0.15) is 10.7 Å². The van der Waals surface area contributed by atoms with E-state index in [9.17, 15) is 4.79 Å². The van der Waals surface area contributed by atoms with Crippen molar-refractivity contribution >= 4 is 28.2 Å². The summed E-state index contributed by atoms with van der Waals surface area (Å²) in [6.45, 7) is 6.64. The van der Waals surface area contributed by atoms with Crippen molar-refractivity contribution in [3.63, 3.8) is 0 Å². The van der Waals surface area contributed by atoms with Crippen LogP contribution in [0.25, 0.3) is 0 Å². The van der Waals surface area contributed by atoms with Gasteiger partial charge in [0, 0.05) is 31.2 Å². The van der Waals surface area contributed by atoms with Gasteiger partial charge >= 0.3 is 0 Å². The molecule has 0 spiro atoms. The zero-order chi connectivity index (χ0) is 15.2. The van der Waals surface area contributed by atoms with Gasteiger partial charge in [-0.3, -0.25) is 9.69 Å². The van der Waals surface area contributed by atoms with E-state index in [0.717, 1.165) is 18.2 Å². The number of piperazine rings is 1. The Hall–Kier alpha value is -1.34.